The Labute approximate surface area is 147 Å². The number of hydrogen-bond donors (Lipinski definition) is 1. The van der Waals surface area contributed by atoms with Crippen LogP contribution in [0.5, 0.6) is 0 Å². The number of hydrogen-bond acceptors (Lipinski definition) is 5. The van der Waals surface area contributed by atoms with E-state index in [1.807, 2.05) is 6.92 Å². The number of carbonyl (C=O) groups excluding carboxylic acids is 1. The first kappa shape index (κ1) is 17.6. The molecule has 0 saturated carbocycles. The van der Waals surface area contributed by atoms with Crippen LogP contribution < -0.4 is 5.32 Å². The maximum atomic E-state index is 12.8. The fourth-order valence-electron chi connectivity index (χ4n) is 2.94. The molecule has 8 heteroatoms. The highest BCUT2D eigenvalue weighted by atomic mass is 32.2. The van der Waals surface area contributed by atoms with E-state index >= 15 is 0 Å². The van der Waals surface area contributed by atoms with Gasteiger partial charge in [0.1, 0.15) is 5.76 Å². The zero-order valence-corrected chi connectivity index (χ0v) is 15.0. The summed E-state index contributed by atoms with van der Waals surface area (Å²) in [7, 11) is -3.51. The van der Waals surface area contributed by atoms with Crippen molar-refractivity contribution in [1.29, 1.82) is 0 Å². The van der Waals surface area contributed by atoms with E-state index in [1.165, 1.54) is 18.2 Å². The lowest BCUT2D eigenvalue weighted by Gasteiger charge is -2.32. The molecule has 1 aliphatic rings. The fourth-order valence-corrected chi connectivity index (χ4v) is 4.64. The van der Waals surface area contributed by atoms with E-state index in [0.717, 1.165) is 19.3 Å². The molecule has 2 heterocycles. The maximum Gasteiger partial charge on any atom is 0.277 e. The molecule has 1 aliphatic heterocycles. The summed E-state index contributed by atoms with van der Waals surface area (Å²) in [5.41, 5.74) is 0.674. The molecule has 0 spiro atoms. The lowest BCUT2D eigenvalue weighted by Crippen LogP contribution is -2.41. The second-order valence-corrected chi connectivity index (χ2v) is 8.15. The van der Waals surface area contributed by atoms with Crippen LogP contribution in [0.15, 0.2) is 39.8 Å². The zero-order chi connectivity index (χ0) is 18.0. The van der Waals surface area contributed by atoms with Gasteiger partial charge >= 0.3 is 0 Å². The third kappa shape index (κ3) is 3.74. The monoisotopic (exact) mass is 363 g/mol. The lowest BCUT2D eigenvalue weighted by atomic mass is 10.1. The first-order valence-electron chi connectivity index (χ1n) is 8.24. The lowest BCUT2D eigenvalue weighted by molar-refractivity contribution is 0.101. The van der Waals surface area contributed by atoms with Gasteiger partial charge in [-0.1, -0.05) is 11.6 Å². The van der Waals surface area contributed by atoms with E-state index in [2.05, 4.69) is 10.5 Å². The van der Waals surface area contributed by atoms with Gasteiger partial charge in [0, 0.05) is 24.3 Å². The predicted octanol–water partition coefficient (Wildman–Crippen LogP) is 2.80. The maximum absolute atomic E-state index is 12.8. The van der Waals surface area contributed by atoms with Crippen LogP contribution in [-0.2, 0) is 10.0 Å². The summed E-state index contributed by atoms with van der Waals surface area (Å²) in [6, 6.07) is 7.72. The second kappa shape index (κ2) is 6.97. The molecule has 1 N–H and O–H groups in total. The standard InChI is InChI=1S/C17H21N3O4S/c1-12-5-3-4-10-20(12)25(22,23)15-8-6-14(7-9-15)18-17(21)16-11-13(2)24-19-16/h6-9,11-12H,3-5,10H2,1-2H3,(H,18,21). The first-order valence-corrected chi connectivity index (χ1v) is 9.68. The Hall–Kier alpha value is -2.19. The minimum atomic E-state index is -3.51. The Morgan fingerprint density at radius 1 is 1.28 bits per heavy atom. The minimum Gasteiger partial charge on any atom is -0.361 e. The largest absolute Gasteiger partial charge is 0.361 e. The summed E-state index contributed by atoms with van der Waals surface area (Å²) < 4.78 is 32.0. The van der Waals surface area contributed by atoms with E-state index < -0.39 is 15.9 Å². The third-order valence-electron chi connectivity index (χ3n) is 4.32. The number of nitrogens with one attached hydrogen (secondary N) is 1. The topological polar surface area (TPSA) is 92.5 Å². The van der Waals surface area contributed by atoms with E-state index in [1.54, 1.807) is 23.4 Å². The average molecular weight is 363 g/mol. The molecule has 1 aromatic carbocycles. The fraction of sp³-hybridized carbons (Fsp3) is 0.412. The third-order valence-corrected chi connectivity index (χ3v) is 6.35. The Balaban J connectivity index is 1.74. The second-order valence-electron chi connectivity index (χ2n) is 6.26. The van der Waals surface area contributed by atoms with Crippen molar-refractivity contribution in [3.05, 3.63) is 41.8 Å². The molecule has 1 fully saturated rings. The van der Waals surface area contributed by atoms with Gasteiger partial charge in [0.05, 0.1) is 4.90 Å². The molecule has 25 heavy (non-hydrogen) atoms. The minimum absolute atomic E-state index is 0.00790. The molecular formula is C17H21N3O4S. The van der Waals surface area contributed by atoms with Crippen LogP contribution in [0, 0.1) is 6.92 Å². The number of sulfonamides is 1. The van der Waals surface area contributed by atoms with Crippen molar-refractivity contribution < 1.29 is 17.7 Å². The van der Waals surface area contributed by atoms with Crippen LogP contribution in [0.3, 0.4) is 0 Å². The molecule has 1 saturated heterocycles. The summed E-state index contributed by atoms with van der Waals surface area (Å²) in [5.74, 6) is 0.138. The zero-order valence-electron chi connectivity index (χ0n) is 14.2. The normalized spacial score (nSPS) is 18.9. The van der Waals surface area contributed by atoms with E-state index in [-0.39, 0.29) is 16.6 Å². The summed E-state index contributed by atoms with van der Waals surface area (Å²) in [6.45, 7) is 4.18. The summed E-state index contributed by atoms with van der Waals surface area (Å²) in [4.78, 5) is 12.3. The molecular weight excluding hydrogens is 342 g/mol. The van der Waals surface area contributed by atoms with Gasteiger partial charge in [-0.25, -0.2) is 8.42 Å². The van der Waals surface area contributed by atoms with Crippen LogP contribution in [0.25, 0.3) is 0 Å². The molecule has 3 rings (SSSR count). The molecule has 1 atom stereocenters. The SMILES string of the molecule is Cc1cc(C(=O)Nc2ccc(S(=O)(=O)N3CCCCC3C)cc2)no1. The summed E-state index contributed by atoms with van der Waals surface area (Å²) >= 11 is 0. The Kier molecular flexibility index (Phi) is 4.91. The summed E-state index contributed by atoms with van der Waals surface area (Å²) in [5, 5.41) is 6.32. The summed E-state index contributed by atoms with van der Waals surface area (Å²) in [6.07, 6.45) is 2.82. The number of amides is 1. The average Bonchev–Trinajstić information content (AvgIpc) is 3.02. The molecule has 2 aromatic rings. The van der Waals surface area contributed by atoms with Crippen LogP contribution in [-0.4, -0.2) is 36.4 Å². The molecule has 1 unspecified atom stereocenters. The van der Waals surface area contributed by atoms with Crippen LogP contribution in [0.2, 0.25) is 0 Å². The number of aryl methyl sites for hydroxylation is 1. The number of nitrogens with zero attached hydrogens (tertiary/aromatic N) is 2. The first-order chi connectivity index (χ1) is 11.9. The number of anilines is 1. The van der Waals surface area contributed by atoms with Crippen LogP contribution in [0.1, 0.15) is 42.4 Å². The van der Waals surface area contributed by atoms with Gasteiger partial charge in [0.25, 0.3) is 5.91 Å². The van der Waals surface area contributed by atoms with Crippen molar-refractivity contribution in [3.63, 3.8) is 0 Å². The van der Waals surface area contributed by atoms with Gasteiger partial charge in [-0.2, -0.15) is 4.31 Å². The van der Waals surface area contributed by atoms with Crippen molar-refractivity contribution in [2.24, 2.45) is 0 Å². The number of aromatic nitrogens is 1. The van der Waals surface area contributed by atoms with Crippen LogP contribution in [0.4, 0.5) is 5.69 Å². The number of piperidine rings is 1. The van der Waals surface area contributed by atoms with E-state index in [9.17, 15) is 13.2 Å². The van der Waals surface area contributed by atoms with Crippen molar-refractivity contribution in [2.75, 3.05) is 11.9 Å². The molecule has 0 bridgehead atoms. The molecule has 1 aromatic heterocycles. The van der Waals surface area contributed by atoms with Gasteiger partial charge in [-0.3, -0.25) is 4.79 Å². The van der Waals surface area contributed by atoms with E-state index in [4.69, 9.17) is 4.52 Å². The Bertz CT molecular complexity index is 858. The Morgan fingerprint density at radius 3 is 2.60 bits per heavy atom. The molecule has 134 valence electrons. The highest BCUT2D eigenvalue weighted by Gasteiger charge is 2.30. The van der Waals surface area contributed by atoms with Gasteiger partial charge in [-0.05, 0) is 51.0 Å². The smallest absolute Gasteiger partial charge is 0.277 e. The predicted molar refractivity (Wildman–Crippen MR) is 92.8 cm³/mol. The molecule has 7 nitrogen and oxygen atoms in total. The molecule has 1 amide bonds. The highest BCUT2D eigenvalue weighted by molar-refractivity contribution is 7.89. The number of benzene rings is 1. The van der Waals surface area contributed by atoms with Crippen molar-refractivity contribution in [3.8, 4) is 0 Å². The van der Waals surface area contributed by atoms with Gasteiger partial charge in [0.15, 0.2) is 5.69 Å². The Morgan fingerprint density at radius 2 is 2.00 bits per heavy atom. The number of carbonyl (C=O) groups is 1. The molecule has 0 aliphatic carbocycles. The van der Waals surface area contributed by atoms with Crippen LogP contribution >= 0.6 is 0 Å². The van der Waals surface area contributed by atoms with Gasteiger partial charge in [-0.15, -0.1) is 0 Å². The number of rotatable bonds is 4. The van der Waals surface area contributed by atoms with Crippen molar-refractivity contribution in [1.82, 2.24) is 9.46 Å². The highest BCUT2D eigenvalue weighted by Crippen LogP contribution is 2.26. The van der Waals surface area contributed by atoms with E-state index in [0.29, 0.717) is 18.0 Å². The van der Waals surface area contributed by atoms with Gasteiger partial charge < -0.3 is 9.84 Å². The molecule has 0 radical (unpaired) electrons. The quantitative estimate of drug-likeness (QED) is 0.902. The van der Waals surface area contributed by atoms with Crippen molar-refractivity contribution in [2.45, 2.75) is 44.0 Å². The van der Waals surface area contributed by atoms with Gasteiger partial charge in [0.2, 0.25) is 10.0 Å². The van der Waals surface area contributed by atoms with Crippen molar-refractivity contribution >= 4 is 21.6 Å².